The average Bonchev–Trinajstić information content (AvgIpc) is 2.75. The Hall–Kier alpha value is -2.47. The highest BCUT2D eigenvalue weighted by Gasteiger charge is 2.28. The molecule has 6 heteroatoms. The predicted octanol–water partition coefficient (Wildman–Crippen LogP) is 4.75. The average molecular weight is 428 g/mol. The number of unbranched alkanes of at least 4 members (excludes halogenated alkanes) is 2. The largest absolute Gasteiger partial charge is 0.382 e. The minimum atomic E-state index is -0.686. The van der Waals surface area contributed by atoms with Crippen molar-refractivity contribution in [3.63, 3.8) is 0 Å². The van der Waals surface area contributed by atoms with Gasteiger partial charge in [0.15, 0.2) is 11.5 Å². The fourth-order valence-corrected chi connectivity index (χ4v) is 4.03. The lowest BCUT2D eigenvalue weighted by molar-refractivity contribution is -0.111. The van der Waals surface area contributed by atoms with Gasteiger partial charge in [-0.05, 0) is 75.2 Å². The van der Waals surface area contributed by atoms with Crippen molar-refractivity contribution in [1.29, 1.82) is 0 Å². The Kier molecular flexibility index (Phi) is 12.4. The summed E-state index contributed by atoms with van der Waals surface area (Å²) in [5, 5.41) is 3.11. The Morgan fingerprint density at radius 3 is 2.23 bits per heavy atom. The van der Waals surface area contributed by atoms with Crippen molar-refractivity contribution in [3.8, 4) is 0 Å². The van der Waals surface area contributed by atoms with Crippen LogP contribution < -0.4 is 16.8 Å². The third kappa shape index (κ3) is 8.66. The fraction of sp³-hybridized carbons (Fsp3) is 0.560. The second kappa shape index (κ2) is 14.5. The molecule has 1 amide bonds. The van der Waals surface area contributed by atoms with E-state index in [9.17, 15) is 4.79 Å². The summed E-state index contributed by atoms with van der Waals surface area (Å²) in [6.07, 6.45) is 12.3. The van der Waals surface area contributed by atoms with Crippen molar-refractivity contribution in [1.82, 2.24) is 5.32 Å². The van der Waals surface area contributed by atoms with E-state index < -0.39 is 5.91 Å². The number of carbonyl (C=O) groups is 1. The maximum atomic E-state index is 11.8. The smallest absolute Gasteiger partial charge is 0.271 e. The van der Waals surface area contributed by atoms with Gasteiger partial charge in [0, 0.05) is 6.20 Å². The highest BCUT2D eigenvalue weighted by molar-refractivity contribution is 6.66. The van der Waals surface area contributed by atoms with Gasteiger partial charge < -0.3 is 16.8 Å². The summed E-state index contributed by atoms with van der Waals surface area (Å²) in [5.41, 5.74) is 13.7. The van der Waals surface area contributed by atoms with Gasteiger partial charge in [0.2, 0.25) is 0 Å². The number of nitrogens with two attached hydrogens (primary N) is 2. The first kappa shape index (κ1) is 26.6. The summed E-state index contributed by atoms with van der Waals surface area (Å²) in [4.78, 5) is 20.3. The lowest BCUT2D eigenvalue weighted by Gasteiger charge is -2.33. The van der Waals surface area contributed by atoms with E-state index in [0.717, 1.165) is 45.1 Å². The SMILES string of the molecule is CCCC(CC)(CCC)c1ccc(N=C(N)C(=N/C=C/CCCCNC)C(N)=O)cc1. The Balaban J connectivity index is 2.97. The number of hydrogen-bond acceptors (Lipinski definition) is 4. The van der Waals surface area contributed by atoms with Crippen LogP contribution in [0.1, 0.15) is 77.7 Å². The molecule has 0 atom stereocenters. The zero-order valence-corrected chi connectivity index (χ0v) is 19.8. The van der Waals surface area contributed by atoms with Crippen LogP contribution in [0.4, 0.5) is 5.69 Å². The maximum absolute atomic E-state index is 11.8. The standard InChI is InChI=1S/C25H41N5O/c1-5-16-25(7-3,17-6-2)20-12-14-21(15-13-20)30-23(26)22(24(27)31)29-19-11-9-8-10-18-28-4/h11-15,19,28H,5-10,16-18H2,1-4H3,(H2,26,30)(H2,27,31)/b19-11+,29-22?. The molecule has 5 N–H and O–H groups in total. The molecule has 1 aromatic carbocycles. The number of amides is 1. The van der Waals surface area contributed by atoms with E-state index in [1.54, 1.807) is 6.20 Å². The molecule has 0 spiro atoms. The first-order valence-corrected chi connectivity index (χ1v) is 11.6. The van der Waals surface area contributed by atoms with E-state index in [1.807, 2.05) is 25.3 Å². The fourth-order valence-electron chi connectivity index (χ4n) is 4.03. The Morgan fingerprint density at radius 1 is 1.06 bits per heavy atom. The predicted molar refractivity (Wildman–Crippen MR) is 133 cm³/mol. The molecule has 31 heavy (non-hydrogen) atoms. The van der Waals surface area contributed by atoms with Crippen LogP contribution in [0.15, 0.2) is 46.5 Å². The van der Waals surface area contributed by atoms with Crippen molar-refractivity contribution in [2.24, 2.45) is 21.5 Å². The van der Waals surface area contributed by atoms with Crippen LogP contribution in [0.3, 0.4) is 0 Å². The number of allylic oxidation sites excluding steroid dienone is 1. The summed E-state index contributed by atoms with van der Waals surface area (Å²) in [5.74, 6) is -0.655. The minimum absolute atomic E-state index is 0.0181. The first-order valence-electron chi connectivity index (χ1n) is 11.6. The first-order chi connectivity index (χ1) is 14.9. The number of carbonyl (C=O) groups excluding carboxylic acids is 1. The van der Waals surface area contributed by atoms with Crippen LogP contribution in [0.25, 0.3) is 0 Å². The second-order valence-electron chi connectivity index (χ2n) is 8.00. The lowest BCUT2D eigenvalue weighted by Crippen LogP contribution is -2.35. The molecule has 1 rings (SSSR count). The summed E-state index contributed by atoms with van der Waals surface area (Å²) in [6, 6.07) is 8.17. The van der Waals surface area contributed by atoms with Crippen molar-refractivity contribution in [2.45, 2.75) is 77.6 Å². The molecule has 0 unspecified atom stereocenters. The maximum Gasteiger partial charge on any atom is 0.271 e. The molecule has 6 nitrogen and oxygen atoms in total. The quantitative estimate of drug-likeness (QED) is 0.213. The second-order valence-corrected chi connectivity index (χ2v) is 8.00. The van der Waals surface area contributed by atoms with Crippen LogP contribution >= 0.6 is 0 Å². The molecular formula is C25H41N5O. The number of nitrogens with one attached hydrogen (secondary N) is 1. The number of aliphatic imine (C=N–C) groups is 2. The lowest BCUT2D eigenvalue weighted by atomic mass is 9.71. The van der Waals surface area contributed by atoms with E-state index in [1.165, 1.54) is 18.4 Å². The number of rotatable bonds is 15. The summed E-state index contributed by atoms with van der Waals surface area (Å²) < 4.78 is 0. The molecule has 0 heterocycles. The summed E-state index contributed by atoms with van der Waals surface area (Å²) >= 11 is 0. The molecule has 0 radical (unpaired) electrons. The highest BCUT2D eigenvalue weighted by atomic mass is 16.1. The van der Waals surface area contributed by atoms with E-state index in [-0.39, 0.29) is 17.0 Å². The van der Waals surface area contributed by atoms with Crippen LogP contribution in [0.2, 0.25) is 0 Å². The van der Waals surface area contributed by atoms with E-state index in [0.29, 0.717) is 5.69 Å². The minimum Gasteiger partial charge on any atom is -0.382 e. The molecule has 0 bridgehead atoms. The molecule has 0 aliphatic carbocycles. The van der Waals surface area contributed by atoms with E-state index in [2.05, 4.69) is 48.2 Å². The van der Waals surface area contributed by atoms with Gasteiger partial charge >= 0.3 is 0 Å². The van der Waals surface area contributed by atoms with Gasteiger partial charge in [-0.2, -0.15) is 0 Å². The normalized spacial score (nSPS) is 13.2. The molecule has 0 aliphatic rings. The Morgan fingerprint density at radius 2 is 1.71 bits per heavy atom. The molecule has 1 aromatic rings. The number of hydrogen-bond donors (Lipinski definition) is 3. The zero-order valence-electron chi connectivity index (χ0n) is 19.8. The molecule has 0 saturated heterocycles. The van der Waals surface area contributed by atoms with Crippen molar-refractivity contribution >= 4 is 23.1 Å². The Bertz CT molecular complexity index is 744. The van der Waals surface area contributed by atoms with Crippen molar-refractivity contribution < 1.29 is 4.79 Å². The van der Waals surface area contributed by atoms with Crippen LogP contribution in [0.5, 0.6) is 0 Å². The molecular weight excluding hydrogens is 386 g/mol. The third-order valence-corrected chi connectivity index (χ3v) is 5.70. The van der Waals surface area contributed by atoms with Gasteiger partial charge in [0.05, 0.1) is 5.69 Å². The zero-order chi connectivity index (χ0) is 23.1. The third-order valence-electron chi connectivity index (χ3n) is 5.70. The molecule has 172 valence electrons. The summed E-state index contributed by atoms with van der Waals surface area (Å²) in [7, 11) is 1.94. The number of benzene rings is 1. The van der Waals surface area contributed by atoms with Crippen LogP contribution in [-0.4, -0.2) is 31.0 Å². The Labute approximate surface area is 188 Å². The van der Waals surface area contributed by atoms with Crippen LogP contribution in [0, 0.1) is 0 Å². The monoisotopic (exact) mass is 427 g/mol. The summed E-state index contributed by atoms with van der Waals surface area (Å²) in [6.45, 7) is 7.72. The van der Waals surface area contributed by atoms with E-state index >= 15 is 0 Å². The van der Waals surface area contributed by atoms with Gasteiger partial charge in [-0.25, -0.2) is 9.98 Å². The molecule has 0 saturated carbocycles. The number of amidine groups is 1. The van der Waals surface area contributed by atoms with E-state index in [4.69, 9.17) is 11.5 Å². The van der Waals surface area contributed by atoms with Crippen molar-refractivity contribution in [3.05, 3.63) is 42.1 Å². The van der Waals surface area contributed by atoms with Crippen molar-refractivity contribution in [2.75, 3.05) is 13.6 Å². The topological polar surface area (TPSA) is 106 Å². The molecule has 0 aliphatic heterocycles. The highest BCUT2D eigenvalue weighted by Crippen LogP contribution is 2.38. The van der Waals surface area contributed by atoms with Gasteiger partial charge in [-0.15, -0.1) is 0 Å². The van der Waals surface area contributed by atoms with Gasteiger partial charge in [-0.3, -0.25) is 4.79 Å². The number of primary amides is 1. The van der Waals surface area contributed by atoms with Gasteiger partial charge in [0.25, 0.3) is 5.91 Å². The number of nitrogens with zero attached hydrogens (tertiary/aromatic N) is 2. The van der Waals surface area contributed by atoms with Gasteiger partial charge in [-0.1, -0.05) is 51.8 Å². The molecule has 0 fully saturated rings. The van der Waals surface area contributed by atoms with Gasteiger partial charge in [0.1, 0.15) is 0 Å². The molecule has 0 aromatic heterocycles. The van der Waals surface area contributed by atoms with Crippen LogP contribution in [-0.2, 0) is 10.2 Å².